The molecule has 0 spiro atoms. The minimum absolute atomic E-state index is 0.106. The van der Waals surface area contributed by atoms with E-state index >= 15 is 0 Å². The molecule has 0 amide bonds. The third kappa shape index (κ3) is 48.8. The Bertz CT molecular complexity index is 1390. The van der Waals surface area contributed by atoms with Crippen LogP contribution in [-0.2, 0) is 28.6 Å². The summed E-state index contributed by atoms with van der Waals surface area (Å²) in [6, 6.07) is 0. The van der Waals surface area contributed by atoms with Gasteiger partial charge in [-0.1, -0.05) is 219 Å². The normalized spacial score (nSPS) is 13.1. The average Bonchev–Trinajstić information content (AvgIpc) is 3.29. The summed E-state index contributed by atoms with van der Waals surface area (Å²) in [6.45, 7) is 6.36. The second-order valence-electron chi connectivity index (χ2n) is 16.6. The highest BCUT2D eigenvalue weighted by Gasteiger charge is 2.19. The molecule has 0 N–H and O–H groups in total. The molecule has 0 radical (unpaired) electrons. The quantitative estimate of drug-likeness (QED) is 0.0199. The summed E-state index contributed by atoms with van der Waals surface area (Å²) in [6.07, 6.45) is 70.3. The highest BCUT2D eigenvalue weighted by molar-refractivity contribution is 5.71. The van der Waals surface area contributed by atoms with Crippen LogP contribution in [0.4, 0.5) is 0 Å². The van der Waals surface area contributed by atoms with Crippen LogP contribution in [-0.4, -0.2) is 37.2 Å². The van der Waals surface area contributed by atoms with E-state index in [2.05, 4.69) is 69.4 Å². The van der Waals surface area contributed by atoms with Gasteiger partial charge in [0, 0.05) is 19.3 Å². The number of allylic oxidation sites excluding steroid dienone is 20. The molecule has 0 aromatic rings. The third-order valence-electron chi connectivity index (χ3n) is 10.4. The van der Waals surface area contributed by atoms with E-state index in [0.29, 0.717) is 19.3 Å². The monoisotopic (exact) mass is 885 g/mol. The molecule has 360 valence electrons. The fraction of sp³-hybridized carbons (Fsp3) is 0.603. The third-order valence-corrected chi connectivity index (χ3v) is 10.4. The molecule has 6 nitrogen and oxygen atoms in total. The van der Waals surface area contributed by atoms with Crippen molar-refractivity contribution in [3.05, 3.63) is 122 Å². The van der Waals surface area contributed by atoms with Gasteiger partial charge in [0.1, 0.15) is 13.2 Å². The number of hydrogen-bond donors (Lipinski definition) is 0. The Morgan fingerprint density at radius 2 is 0.625 bits per heavy atom. The molecular weight excluding hydrogens is 793 g/mol. The summed E-state index contributed by atoms with van der Waals surface area (Å²) in [7, 11) is 0. The highest BCUT2D eigenvalue weighted by Crippen LogP contribution is 2.13. The Morgan fingerprint density at radius 1 is 0.328 bits per heavy atom. The lowest BCUT2D eigenvalue weighted by atomic mass is 10.1. The van der Waals surface area contributed by atoms with Crippen molar-refractivity contribution < 1.29 is 28.6 Å². The van der Waals surface area contributed by atoms with Gasteiger partial charge in [0.05, 0.1) is 0 Å². The molecule has 0 aromatic heterocycles. The largest absolute Gasteiger partial charge is 0.462 e. The van der Waals surface area contributed by atoms with Gasteiger partial charge >= 0.3 is 17.9 Å². The Labute approximate surface area is 392 Å². The van der Waals surface area contributed by atoms with E-state index in [-0.39, 0.29) is 31.1 Å². The fourth-order valence-electron chi connectivity index (χ4n) is 6.53. The first-order chi connectivity index (χ1) is 31.5. The Hall–Kier alpha value is -4.19. The molecule has 6 heteroatoms. The van der Waals surface area contributed by atoms with Crippen LogP contribution in [0.3, 0.4) is 0 Å². The van der Waals surface area contributed by atoms with Crippen LogP contribution >= 0.6 is 0 Å². The van der Waals surface area contributed by atoms with Gasteiger partial charge in [-0.05, 0) is 89.9 Å². The number of carbonyl (C=O) groups is 3. The van der Waals surface area contributed by atoms with Crippen molar-refractivity contribution in [2.45, 2.75) is 213 Å². The van der Waals surface area contributed by atoms with Gasteiger partial charge in [0.25, 0.3) is 0 Å². The van der Waals surface area contributed by atoms with E-state index in [9.17, 15) is 14.4 Å². The molecule has 0 aliphatic rings. The zero-order valence-electron chi connectivity index (χ0n) is 41.0. The lowest BCUT2D eigenvalue weighted by molar-refractivity contribution is -0.167. The molecule has 0 aromatic carbocycles. The topological polar surface area (TPSA) is 78.9 Å². The van der Waals surface area contributed by atoms with Crippen molar-refractivity contribution in [2.24, 2.45) is 0 Å². The molecule has 0 saturated heterocycles. The summed E-state index contributed by atoms with van der Waals surface area (Å²) in [5.74, 6) is -0.981. The zero-order valence-corrected chi connectivity index (χ0v) is 41.0. The van der Waals surface area contributed by atoms with Gasteiger partial charge in [0.2, 0.25) is 0 Å². The lowest BCUT2D eigenvalue weighted by Gasteiger charge is -2.18. The minimum atomic E-state index is -0.809. The van der Waals surface area contributed by atoms with Gasteiger partial charge in [-0.2, -0.15) is 0 Å². The van der Waals surface area contributed by atoms with Gasteiger partial charge in [-0.25, -0.2) is 0 Å². The molecular formula is C58H92O6. The summed E-state index contributed by atoms with van der Waals surface area (Å²) in [5.41, 5.74) is 0. The number of hydrogen-bond acceptors (Lipinski definition) is 6. The standard InChI is InChI=1S/C58H92O6/c1-4-7-10-13-16-19-22-25-27-28-29-30-32-33-36-39-42-45-48-51-57(60)63-54-55(53-62-56(59)50-47-44-41-38-35-24-21-18-15-12-9-6-3)64-58(61)52-49-46-43-40-37-34-31-26-23-20-17-14-11-8-5-2/h7,10,13,16-23,25-30,32-33,36,55H,4-6,8-9,11-12,14-15,24,31,34-35,37-54H2,1-3H3/b10-7-,16-13-,20-17-,21-18-,22-19-,26-23-,27-25-,29-28+,32-30-,36-33-. The highest BCUT2D eigenvalue weighted by atomic mass is 16.6. The summed E-state index contributed by atoms with van der Waals surface area (Å²) >= 11 is 0. The fourth-order valence-corrected chi connectivity index (χ4v) is 6.53. The molecule has 0 bridgehead atoms. The molecule has 0 aliphatic heterocycles. The van der Waals surface area contributed by atoms with Gasteiger partial charge in [-0.15, -0.1) is 0 Å². The van der Waals surface area contributed by atoms with E-state index in [4.69, 9.17) is 14.2 Å². The van der Waals surface area contributed by atoms with Crippen molar-refractivity contribution in [3.8, 4) is 0 Å². The van der Waals surface area contributed by atoms with E-state index in [1.807, 2.05) is 72.9 Å². The molecule has 0 aliphatic carbocycles. The van der Waals surface area contributed by atoms with Crippen LogP contribution in [0.2, 0.25) is 0 Å². The van der Waals surface area contributed by atoms with Crippen LogP contribution in [0, 0.1) is 0 Å². The molecule has 0 fully saturated rings. The van der Waals surface area contributed by atoms with Crippen LogP contribution in [0.25, 0.3) is 0 Å². The van der Waals surface area contributed by atoms with Gasteiger partial charge < -0.3 is 14.2 Å². The lowest BCUT2D eigenvalue weighted by Crippen LogP contribution is -2.30. The predicted molar refractivity (Wildman–Crippen MR) is 274 cm³/mol. The van der Waals surface area contributed by atoms with Crippen molar-refractivity contribution >= 4 is 17.9 Å². The van der Waals surface area contributed by atoms with Crippen LogP contribution < -0.4 is 0 Å². The van der Waals surface area contributed by atoms with E-state index in [1.54, 1.807) is 0 Å². The molecule has 0 rings (SSSR count). The SMILES string of the molecule is CC\C=C/C=C\C=C/C=C\C=C\C=C/C=C\CCCCCC(=O)OCC(COC(=O)CCCCCCC/C=C\CCCCC)OC(=O)CCCCCCCC/C=C\C=C/CCCCC. The van der Waals surface area contributed by atoms with Crippen molar-refractivity contribution in [1.29, 1.82) is 0 Å². The van der Waals surface area contributed by atoms with E-state index < -0.39 is 6.10 Å². The van der Waals surface area contributed by atoms with E-state index in [0.717, 1.165) is 103 Å². The number of carbonyl (C=O) groups excluding carboxylic acids is 3. The van der Waals surface area contributed by atoms with Crippen molar-refractivity contribution in [3.63, 3.8) is 0 Å². The summed E-state index contributed by atoms with van der Waals surface area (Å²) in [4.78, 5) is 38.0. The Balaban J connectivity index is 4.54. The molecule has 0 saturated carbocycles. The molecule has 64 heavy (non-hydrogen) atoms. The minimum Gasteiger partial charge on any atom is -0.462 e. The number of ether oxygens (including phenoxy) is 3. The van der Waals surface area contributed by atoms with Crippen molar-refractivity contribution in [1.82, 2.24) is 0 Å². The molecule has 1 atom stereocenters. The zero-order chi connectivity index (χ0) is 46.5. The van der Waals surface area contributed by atoms with Crippen LogP contribution in [0.5, 0.6) is 0 Å². The average molecular weight is 885 g/mol. The first kappa shape index (κ1) is 59.8. The summed E-state index contributed by atoms with van der Waals surface area (Å²) in [5, 5.41) is 0. The number of unbranched alkanes of at least 4 members (excludes halogenated alkanes) is 20. The maximum absolute atomic E-state index is 12.8. The van der Waals surface area contributed by atoms with E-state index in [1.165, 1.54) is 64.2 Å². The first-order valence-electron chi connectivity index (χ1n) is 25.7. The van der Waals surface area contributed by atoms with Crippen LogP contribution in [0.1, 0.15) is 207 Å². The Kier molecular flexibility index (Phi) is 48.1. The maximum Gasteiger partial charge on any atom is 0.306 e. The van der Waals surface area contributed by atoms with Crippen molar-refractivity contribution in [2.75, 3.05) is 13.2 Å². The number of rotatable bonds is 44. The van der Waals surface area contributed by atoms with Crippen LogP contribution in [0.15, 0.2) is 122 Å². The Morgan fingerprint density at radius 3 is 1.03 bits per heavy atom. The van der Waals surface area contributed by atoms with Gasteiger partial charge in [0.15, 0.2) is 6.10 Å². The van der Waals surface area contributed by atoms with Gasteiger partial charge in [-0.3, -0.25) is 14.4 Å². The number of esters is 3. The maximum atomic E-state index is 12.8. The molecule has 0 heterocycles. The smallest absolute Gasteiger partial charge is 0.306 e. The second-order valence-corrected chi connectivity index (χ2v) is 16.6. The molecule has 1 unspecified atom stereocenters. The first-order valence-corrected chi connectivity index (χ1v) is 25.7. The predicted octanol–water partition coefficient (Wildman–Crippen LogP) is 16.9. The second kappa shape index (κ2) is 51.4. The summed E-state index contributed by atoms with van der Waals surface area (Å²) < 4.78 is 16.7.